The maximum atomic E-state index is 11.6. The second kappa shape index (κ2) is 8.71. The first-order valence-corrected chi connectivity index (χ1v) is 6.13. The molecule has 0 aromatic carbocycles. The normalized spacial score (nSPS) is 12.8. The Kier molecular flexibility index (Phi) is 8.09. The predicted molar refractivity (Wildman–Crippen MR) is 70.2 cm³/mol. The van der Waals surface area contributed by atoms with Gasteiger partial charge in [0, 0.05) is 27.4 Å². The van der Waals surface area contributed by atoms with Crippen LogP contribution in [-0.4, -0.2) is 56.1 Å². The van der Waals surface area contributed by atoms with E-state index in [0.29, 0.717) is 26.0 Å². The molecule has 7 heteroatoms. The molecule has 0 fully saturated rings. The van der Waals surface area contributed by atoms with Crippen LogP contribution in [0.1, 0.15) is 26.7 Å². The highest BCUT2D eigenvalue weighted by molar-refractivity contribution is 5.82. The number of amides is 2. The Morgan fingerprint density at radius 2 is 1.95 bits per heavy atom. The fourth-order valence-electron chi connectivity index (χ4n) is 1.26. The number of carbonyl (C=O) groups excluding carboxylic acids is 1. The smallest absolute Gasteiger partial charge is 0.326 e. The highest BCUT2D eigenvalue weighted by atomic mass is 16.5. The van der Waals surface area contributed by atoms with Gasteiger partial charge in [0.05, 0.1) is 5.60 Å². The lowest BCUT2D eigenvalue weighted by Crippen LogP contribution is -2.49. The number of rotatable bonds is 9. The minimum atomic E-state index is -1.06. The Labute approximate surface area is 113 Å². The van der Waals surface area contributed by atoms with Crippen molar-refractivity contribution in [2.24, 2.45) is 0 Å². The van der Waals surface area contributed by atoms with E-state index in [-0.39, 0.29) is 0 Å². The number of carboxylic acid groups (broad SMARTS) is 1. The molecule has 0 aliphatic heterocycles. The third-order valence-electron chi connectivity index (χ3n) is 2.67. The van der Waals surface area contributed by atoms with E-state index in [2.05, 4.69) is 10.6 Å². The maximum absolute atomic E-state index is 11.6. The van der Waals surface area contributed by atoms with Gasteiger partial charge in [0.1, 0.15) is 6.04 Å². The van der Waals surface area contributed by atoms with E-state index < -0.39 is 23.6 Å². The Bertz CT molecular complexity index is 294. The van der Waals surface area contributed by atoms with Crippen LogP contribution in [0.15, 0.2) is 0 Å². The molecule has 0 saturated heterocycles. The molecule has 3 N–H and O–H groups in total. The molecule has 0 aromatic heterocycles. The summed E-state index contributed by atoms with van der Waals surface area (Å²) in [4.78, 5) is 22.6. The van der Waals surface area contributed by atoms with Crippen LogP contribution in [0.25, 0.3) is 0 Å². The van der Waals surface area contributed by atoms with E-state index in [1.807, 2.05) is 13.8 Å². The summed E-state index contributed by atoms with van der Waals surface area (Å²) in [6.45, 7) is 4.39. The van der Waals surface area contributed by atoms with Crippen molar-refractivity contribution >= 4 is 12.0 Å². The summed E-state index contributed by atoms with van der Waals surface area (Å²) in [7, 11) is 3.09. The molecule has 0 aliphatic carbocycles. The number of aliphatic carboxylic acids is 1. The molecular formula is C12H24N2O5. The number of carbonyl (C=O) groups is 2. The average Bonchev–Trinajstić information content (AvgIpc) is 2.35. The Balaban J connectivity index is 4.13. The molecule has 0 heterocycles. The molecule has 1 unspecified atom stereocenters. The molecule has 0 aliphatic rings. The van der Waals surface area contributed by atoms with Gasteiger partial charge in [-0.25, -0.2) is 9.59 Å². The molecule has 0 radical (unpaired) electrons. The number of hydrogen-bond acceptors (Lipinski definition) is 4. The lowest BCUT2D eigenvalue weighted by Gasteiger charge is -2.24. The molecule has 0 bridgehead atoms. The van der Waals surface area contributed by atoms with Crippen LogP contribution in [-0.2, 0) is 14.3 Å². The minimum absolute atomic E-state index is 0.291. The van der Waals surface area contributed by atoms with Crippen LogP contribution in [0.4, 0.5) is 4.79 Å². The van der Waals surface area contributed by atoms with Gasteiger partial charge in [0.25, 0.3) is 0 Å². The van der Waals surface area contributed by atoms with Crippen LogP contribution in [0.5, 0.6) is 0 Å². The van der Waals surface area contributed by atoms with E-state index in [4.69, 9.17) is 14.6 Å². The van der Waals surface area contributed by atoms with Crippen molar-refractivity contribution in [3.63, 3.8) is 0 Å². The Morgan fingerprint density at radius 1 is 1.32 bits per heavy atom. The highest BCUT2D eigenvalue weighted by Gasteiger charge is 2.21. The SMILES string of the molecule is COCCCC(NC(=O)NCC(C)(C)OC)C(=O)O. The molecule has 2 amide bonds. The fraction of sp³-hybridized carbons (Fsp3) is 0.833. The van der Waals surface area contributed by atoms with Crippen LogP contribution in [0.2, 0.25) is 0 Å². The van der Waals surface area contributed by atoms with Gasteiger partial charge in [-0.15, -0.1) is 0 Å². The second-order valence-corrected chi connectivity index (χ2v) is 4.82. The lowest BCUT2D eigenvalue weighted by atomic mass is 10.1. The van der Waals surface area contributed by atoms with Crippen molar-refractivity contribution < 1.29 is 24.2 Å². The number of hydrogen-bond donors (Lipinski definition) is 3. The number of methoxy groups -OCH3 is 2. The largest absolute Gasteiger partial charge is 0.480 e. The zero-order valence-electron chi connectivity index (χ0n) is 12.0. The summed E-state index contributed by atoms with van der Waals surface area (Å²) in [6.07, 6.45) is 0.890. The summed E-state index contributed by atoms with van der Waals surface area (Å²) >= 11 is 0. The van der Waals surface area contributed by atoms with Crippen molar-refractivity contribution in [2.45, 2.75) is 38.3 Å². The first-order valence-electron chi connectivity index (χ1n) is 6.13. The molecule has 112 valence electrons. The zero-order valence-corrected chi connectivity index (χ0v) is 12.0. The number of nitrogens with one attached hydrogen (secondary N) is 2. The van der Waals surface area contributed by atoms with Crippen molar-refractivity contribution in [3.05, 3.63) is 0 Å². The van der Waals surface area contributed by atoms with E-state index in [1.165, 1.54) is 0 Å². The van der Waals surface area contributed by atoms with Gasteiger partial charge in [-0.2, -0.15) is 0 Å². The molecule has 19 heavy (non-hydrogen) atoms. The first-order chi connectivity index (χ1) is 8.82. The minimum Gasteiger partial charge on any atom is -0.480 e. The van der Waals surface area contributed by atoms with E-state index in [1.54, 1.807) is 14.2 Å². The van der Waals surface area contributed by atoms with Gasteiger partial charge in [0.2, 0.25) is 0 Å². The van der Waals surface area contributed by atoms with Crippen molar-refractivity contribution in [1.29, 1.82) is 0 Å². The van der Waals surface area contributed by atoms with E-state index in [9.17, 15) is 9.59 Å². The monoisotopic (exact) mass is 276 g/mol. The van der Waals surface area contributed by atoms with Gasteiger partial charge in [-0.05, 0) is 26.7 Å². The van der Waals surface area contributed by atoms with Crippen LogP contribution in [0.3, 0.4) is 0 Å². The Morgan fingerprint density at radius 3 is 2.42 bits per heavy atom. The third-order valence-corrected chi connectivity index (χ3v) is 2.67. The quantitative estimate of drug-likeness (QED) is 0.536. The summed E-state index contributed by atoms with van der Waals surface area (Å²) < 4.78 is 9.99. The number of urea groups is 1. The predicted octanol–water partition coefficient (Wildman–Crippen LogP) is 0.590. The molecule has 7 nitrogen and oxygen atoms in total. The fourth-order valence-corrected chi connectivity index (χ4v) is 1.26. The molecule has 1 atom stereocenters. The van der Waals surface area contributed by atoms with E-state index >= 15 is 0 Å². The van der Waals surface area contributed by atoms with Crippen molar-refractivity contribution in [3.8, 4) is 0 Å². The van der Waals surface area contributed by atoms with Gasteiger partial charge >= 0.3 is 12.0 Å². The van der Waals surface area contributed by atoms with Gasteiger partial charge in [0.15, 0.2) is 0 Å². The standard InChI is InChI=1S/C12H24N2O5/c1-12(2,19-4)8-13-11(17)14-9(10(15)16)6-5-7-18-3/h9H,5-8H2,1-4H3,(H,15,16)(H2,13,14,17). The number of ether oxygens (including phenoxy) is 2. The van der Waals surface area contributed by atoms with Crippen molar-refractivity contribution in [2.75, 3.05) is 27.4 Å². The van der Waals surface area contributed by atoms with Gasteiger partial charge < -0.3 is 25.2 Å². The molecule has 0 rings (SSSR count). The topological polar surface area (TPSA) is 96.9 Å². The molecular weight excluding hydrogens is 252 g/mol. The van der Waals surface area contributed by atoms with Gasteiger partial charge in [-0.3, -0.25) is 0 Å². The van der Waals surface area contributed by atoms with Crippen LogP contribution >= 0.6 is 0 Å². The first kappa shape index (κ1) is 17.7. The zero-order chi connectivity index (χ0) is 14.9. The number of carboxylic acids is 1. The highest BCUT2D eigenvalue weighted by Crippen LogP contribution is 2.04. The van der Waals surface area contributed by atoms with Gasteiger partial charge in [-0.1, -0.05) is 0 Å². The molecule has 0 saturated carbocycles. The van der Waals surface area contributed by atoms with E-state index in [0.717, 1.165) is 0 Å². The maximum Gasteiger partial charge on any atom is 0.326 e. The molecule has 0 spiro atoms. The average molecular weight is 276 g/mol. The summed E-state index contributed by atoms with van der Waals surface area (Å²) in [6, 6.07) is -1.43. The third kappa shape index (κ3) is 8.39. The second-order valence-electron chi connectivity index (χ2n) is 4.82. The summed E-state index contributed by atoms with van der Waals surface area (Å²) in [5, 5.41) is 14.0. The summed E-state index contributed by atoms with van der Waals surface area (Å²) in [5.74, 6) is -1.06. The lowest BCUT2D eigenvalue weighted by molar-refractivity contribution is -0.139. The Hall–Kier alpha value is -1.34. The molecule has 0 aromatic rings. The summed E-state index contributed by atoms with van der Waals surface area (Å²) in [5.41, 5.74) is -0.494. The van der Waals surface area contributed by atoms with Crippen molar-refractivity contribution in [1.82, 2.24) is 10.6 Å². The van der Waals surface area contributed by atoms with Crippen LogP contribution < -0.4 is 10.6 Å². The van der Waals surface area contributed by atoms with Crippen LogP contribution in [0, 0.1) is 0 Å².